The first kappa shape index (κ1) is 12.6. The Balaban J connectivity index is 2.00. The van der Waals surface area contributed by atoms with Crippen LogP contribution in [0.25, 0.3) is 10.9 Å². The summed E-state index contributed by atoms with van der Waals surface area (Å²) in [5, 5.41) is 1.76. The van der Waals surface area contributed by atoms with Crippen molar-refractivity contribution >= 4 is 32.7 Å². The number of carbonyl (C=O) groups is 1. The summed E-state index contributed by atoms with van der Waals surface area (Å²) in [6.07, 6.45) is 3.97. The lowest BCUT2D eigenvalue weighted by Crippen LogP contribution is -2.34. The van der Waals surface area contributed by atoms with Gasteiger partial charge >= 0.3 is 0 Å². The molecule has 1 aromatic heterocycles. The van der Waals surface area contributed by atoms with Crippen LogP contribution < -0.4 is 0 Å². The molecule has 1 amide bonds. The molecule has 0 N–H and O–H groups in total. The molecule has 1 aliphatic rings. The lowest BCUT2D eigenvalue weighted by Gasteiger charge is -2.22. The van der Waals surface area contributed by atoms with Gasteiger partial charge in [0.25, 0.3) is 5.91 Å². The monoisotopic (exact) mass is 318 g/mol. The molecule has 0 aliphatic heterocycles. The van der Waals surface area contributed by atoms with E-state index in [0.29, 0.717) is 6.04 Å². The number of hydrogen-bond acceptors (Lipinski definition) is 2. The van der Waals surface area contributed by atoms with Crippen molar-refractivity contribution in [3.8, 4) is 0 Å². The highest BCUT2D eigenvalue weighted by Gasteiger charge is 2.33. The molecule has 3 rings (SSSR count). The summed E-state index contributed by atoms with van der Waals surface area (Å²) in [7, 11) is 0. The standard InChI is InChI=1S/C15H15BrN2O/c16-8-10-18(11-5-6-11)15(19)13-7-9-17-14-4-2-1-3-12(13)14/h1-4,7,9,11H,5-6,8,10H2. The Labute approximate surface area is 120 Å². The average molecular weight is 319 g/mol. The maximum Gasteiger partial charge on any atom is 0.254 e. The van der Waals surface area contributed by atoms with Gasteiger partial charge in [-0.3, -0.25) is 9.78 Å². The first-order valence-corrected chi connectivity index (χ1v) is 7.64. The molecule has 2 aromatic rings. The number of alkyl halides is 1. The van der Waals surface area contributed by atoms with E-state index in [1.807, 2.05) is 35.2 Å². The summed E-state index contributed by atoms with van der Waals surface area (Å²) >= 11 is 3.43. The smallest absolute Gasteiger partial charge is 0.254 e. The van der Waals surface area contributed by atoms with Crippen molar-refractivity contribution in [3.05, 3.63) is 42.1 Å². The van der Waals surface area contributed by atoms with E-state index in [9.17, 15) is 4.79 Å². The van der Waals surface area contributed by atoms with Gasteiger partial charge in [0.15, 0.2) is 0 Å². The third kappa shape index (κ3) is 2.50. The summed E-state index contributed by atoms with van der Waals surface area (Å²) in [5.74, 6) is 0.126. The number of hydrogen-bond donors (Lipinski definition) is 0. The van der Waals surface area contributed by atoms with Crippen LogP contribution in [0.4, 0.5) is 0 Å². The predicted molar refractivity (Wildman–Crippen MR) is 79.6 cm³/mol. The van der Waals surface area contributed by atoms with Crippen molar-refractivity contribution in [1.29, 1.82) is 0 Å². The number of pyridine rings is 1. The Morgan fingerprint density at radius 1 is 1.32 bits per heavy atom. The molecule has 1 fully saturated rings. The second-order valence-corrected chi connectivity index (χ2v) is 5.59. The zero-order valence-corrected chi connectivity index (χ0v) is 12.1. The van der Waals surface area contributed by atoms with E-state index in [1.54, 1.807) is 6.20 Å². The van der Waals surface area contributed by atoms with Crippen LogP contribution in [0.5, 0.6) is 0 Å². The Bertz CT molecular complexity index is 605. The lowest BCUT2D eigenvalue weighted by atomic mass is 10.1. The molecule has 3 nitrogen and oxygen atoms in total. The summed E-state index contributed by atoms with van der Waals surface area (Å²) < 4.78 is 0. The number of benzene rings is 1. The van der Waals surface area contributed by atoms with E-state index >= 15 is 0 Å². The van der Waals surface area contributed by atoms with E-state index < -0.39 is 0 Å². The van der Waals surface area contributed by atoms with E-state index in [-0.39, 0.29) is 5.91 Å². The van der Waals surface area contributed by atoms with Crippen molar-refractivity contribution < 1.29 is 4.79 Å². The largest absolute Gasteiger partial charge is 0.335 e. The number of rotatable bonds is 4. The van der Waals surface area contributed by atoms with Crippen molar-refractivity contribution in [2.75, 3.05) is 11.9 Å². The SMILES string of the molecule is O=C(c1ccnc2ccccc12)N(CCBr)C1CC1. The highest BCUT2D eigenvalue weighted by atomic mass is 79.9. The molecule has 0 radical (unpaired) electrons. The summed E-state index contributed by atoms with van der Waals surface area (Å²) in [6, 6.07) is 10.1. The number of amides is 1. The fraction of sp³-hybridized carbons (Fsp3) is 0.333. The van der Waals surface area contributed by atoms with E-state index in [4.69, 9.17) is 0 Å². The number of halogens is 1. The van der Waals surface area contributed by atoms with Crippen LogP contribution in [0, 0.1) is 0 Å². The molecule has 0 bridgehead atoms. The Morgan fingerprint density at radius 2 is 2.11 bits per heavy atom. The Morgan fingerprint density at radius 3 is 2.84 bits per heavy atom. The molecule has 0 unspecified atom stereocenters. The van der Waals surface area contributed by atoms with Crippen LogP contribution in [0.3, 0.4) is 0 Å². The van der Waals surface area contributed by atoms with E-state index in [0.717, 1.165) is 41.2 Å². The first-order chi connectivity index (χ1) is 9.31. The van der Waals surface area contributed by atoms with Crippen LogP contribution in [-0.2, 0) is 0 Å². The van der Waals surface area contributed by atoms with Crippen molar-refractivity contribution in [3.63, 3.8) is 0 Å². The Kier molecular flexibility index (Phi) is 3.51. The van der Waals surface area contributed by atoms with Crippen LogP contribution in [0.15, 0.2) is 36.5 Å². The molecule has 0 spiro atoms. The third-order valence-electron chi connectivity index (χ3n) is 3.45. The first-order valence-electron chi connectivity index (χ1n) is 6.52. The molecular formula is C15H15BrN2O. The summed E-state index contributed by atoms with van der Waals surface area (Å²) in [5.41, 5.74) is 1.64. The van der Waals surface area contributed by atoms with E-state index in [2.05, 4.69) is 20.9 Å². The molecule has 1 saturated carbocycles. The average Bonchev–Trinajstić information content (AvgIpc) is 3.28. The lowest BCUT2D eigenvalue weighted by molar-refractivity contribution is 0.0756. The van der Waals surface area contributed by atoms with Gasteiger partial charge in [-0.1, -0.05) is 34.1 Å². The highest BCUT2D eigenvalue weighted by Crippen LogP contribution is 2.29. The van der Waals surface area contributed by atoms with Crippen LogP contribution >= 0.6 is 15.9 Å². The van der Waals surface area contributed by atoms with Crippen molar-refractivity contribution in [1.82, 2.24) is 9.88 Å². The van der Waals surface area contributed by atoms with E-state index in [1.165, 1.54) is 0 Å². The summed E-state index contributed by atoms with van der Waals surface area (Å²) in [6.45, 7) is 0.764. The zero-order chi connectivity index (χ0) is 13.2. The second kappa shape index (κ2) is 5.29. The second-order valence-electron chi connectivity index (χ2n) is 4.79. The fourth-order valence-corrected chi connectivity index (χ4v) is 2.75. The molecule has 1 heterocycles. The van der Waals surface area contributed by atoms with Gasteiger partial charge in [-0.2, -0.15) is 0 Å². The number of para-hydroxylation sites is 1. The maximum atomic E-state index is 12.7. The molecule has 19 heavy (non-hydrogen) atoms. The van der Waals surface area contributed by atoms with Crippen LogP contribution in [0.1, 0.15) is 23.2 Å². The number of carbonyl (C=O) groups excluding carboxylic acids is 1. The number of aromatic nitrogens is 1. The quantitative estimate of drug-likeness (QED) is 0.811. The van der Waals surface area contributed by atoms with Gasteiger partial charge in [-0.25, -0.2) is 0 Å². The van der Waals surface area contributed by atoms with Gasteiger partial charge in [0.2, 0.25) is 0 Å². The molecule has 4 heteroatoms. The van der Waals surface area contributed by atoms with Gasteiger partial charge in [0.05, 0.1) is 11.1 Å². The van der Waals surface area contributed by atoms with Crippen molar-refractivity contribution in [2.24, 2.45) is 0 Å². The van der Waals surface area contributed by atoms with Gasteiger partial charge in [-0.15, -0.1) is 0 Å². The van der Waals surface area contributed by atoms with Crippen LogP contribution in [0.2, 0.25) is 0 Å². The number of nitrogens with zero attached hydrogens (tertiary/aromatic N) is 2. The third-order valence-corrected chi connectivity index (χ3v) is 3.81. The minimum atomic E-state index is 0.126. The predicted octanol–water partition coefficient (Wildman–Crippen LogP) is 3.23. The fourth-order valence-electron chi connectivity index (χ4n) is 2.36. The minimum absolute atomic E-state index is 0.126. The molecule has 98 valence electrons. The topological polar surface area (TPSA) is 33.2 Å². The molecule has 0 atom stereocenters. The Hall–Kier alpha value is -1.42. The zero-order valence-electron chi connectivity index (χ0n) is 10.6. The number of fused-ring (bicyclic) bond motifs is 1. The maximum absolute atomic E-state index is 12.7. The van der Waals surface area contributed by atoms with Gasteiger partial charge in [-0.05, 0) is 25.0 Å². The molecule has 1 aromatic carbocycles. The summed E-state index contributed by atoms with van der Waals surface area (Å²) in [4.78, 5) is 19.0. The molecule has 1 aliphatic carbocycles. The minimum Gasteiger partial charge on any atom is -0.335 e. The van der Waals surface area contributed by atoms with Crippen molar-refractivity contribution in [2.45, 2.75) is 18.9 Å². The molecular weight excluding hydrogens is 304 g/mol. The normalized spacial score (nSPS) is 14.6. The highest BCUT2D eigenvalue weighted by molar-refractivity contribution is 9.09. The van der Waals surface area contributed by atoms with Gasteiger partial charge < -0.3 is 4.90 Å². The molecule has 0 saturated heterocycles. The van der Waals surface area contributed by atoms with Gasteiger partial charge in [0, 0.05) is 29.5 Å². The van der Waals surface area contributed by atoms with Gasteiger partial charge in [0.1, 0.15) is 0 Å². The van der Waals surface area contributed by atoms with Crippen LogP contribution in [-0.4, -0.2) is 33.7 Å².